The number of aliphatic carboxylic acids is 1. The third-order valence-corrected chi connectivity index (χ3v) is 3.25. The van der Waals surface area contributed by atoms with Gasteiger partial charge in [-0.3, -0.25) is 4.79 Å². The smallest absolute Gasteiger partial charge is 0.328 e. The van der Waals surface area contributed by atoms with Crippen LogP contribution < -0.4 is 4.74 Å². The summed E-state index contributed by atoms with van der Waals surface area (Å²) in [6, 6.07) is 6.25. The number of carboxylic acids is 1. The minimum Gasteiger partial charge on any atom is -0.497 e. The summed E-state index contributed by atoms with van der Waals surface area (Å²) in [5.41, 5.74) is 0.825. The highest BCUT2D eigenvalue weighted by atomic mass is 16.5. The van der Waals surface area contributed by atoms with Gasteiger partial charge in [-0.15, -0.1) is 0 Å². The lowest BCUT2D eigenvalue weighted by Crippen LogP contribution is -2.53. The molecular weight excluding hydrogens is 262 g/mol. The van der Waals surface area contributed by atoms with Crippen molar-refractivity contribution in [1.29, 1.82) is 0 Å². The van der Waals surface area contributed by atoms with E-state index in [0.717, 1.165) is 11.3 Å². The number of hydrogen-bond acceptors (Lipinski definition) is 4. The van der Waals surface area contributed by atoms with Gasteiger partial charge in [-0.25, -0.2) is 4.79 Å². The summed E-state index contributed by atoms with van der Waals surface area (Å²) in [4.78, 5) is 24.7. The summed E-state index contributed by atoms with van der Waals surface area (Å²) in [5, 5.41) is 9.10. The quantitative estimate of drug-likeness (QED) is 0.871. The van der Waals surface area contributed by atoms with Gasteiger partial charge in [0, 0.05) is 6.54 Å². The van der Waals surface area contributed by atoms with Crippen molar-refractivity contribution in [2.75, 3.05) is 26.9 Å². The summed E-state index contributed by atoms with van der Waals surface area (Å²) >= 11 is 0. The van der Waals surface area contributed by atoms with Gasteiger partial charge < -0.3 is 19.5 Å². The molecule has 1 fully saturated rings. The second-order valence-corrected chi connectivity index (χ2v) is 4.54. The Labute approximate surface area is 116 Å². The van der Waals surface area contributed by atoms with Crippen molar-refractivity contribution in [2.45, 2.75) is 12.5 Å². The first-order chi connectivity index (χ1) is 9.61. The molecule has 0 aromatic heterocycles. The van der Waals surface area contributed by atoms with Crippen LogP contribution in [0.1, 0.15) is 5.56 Å². The second kappa shape index (κ2) is 6.38. The Morgan fingerprint density at radius 2 is 2.10 bits per heavy atom. The molecule has 108 valence electrons. The molecule has 0 unspecified atom stereocenters. The van der Waals surface area contributed by atoms with Crippen LogP contribution in [0.15, 0.2) is 24.3 Å². The number of morpholine rings is 1. The molecular formula is C14H17NO5. The Hall–Kier alpha value is -2.08. The molecule has 6 heteroatoms. The lowest BCUT2D eigenvalue weighted by atomic mass is 10.1. The number of nitrogens with zero attached hydrogens (tertiary/aromatic N) is 1. The fraction of sp³-hybridized carbons (Fsp3) is 0.429. The van der Waals surface area contributed by atoms with Crippen molar-refractivity contribution in [3.8, 4) is 5.75 Å². The molecule has 0 bridgehead atoms. The number of methoxy groups -OCH3 is 1. The number of carboxylic acid groups (broad SMARTS) is 1. The van der Waals surface area contributed by atoms with Crippen LogP contribution >= 0.6 is 0 Å². The van der Waals surface area contributed by atoms with Crippen LogP contribution in [-0.2, 0) is 20.7 Å². The molecule has 1 amide bonds. The van der Waals surface area contributed by atoms with E-state index >= 15 is 0 Å². The second-order valence-electron chi connectivity index (χ2n) is 4.54. The van der Waals surface area contributed by atoms with E-state index in [4.69, 9.17) is 14.6 Å². The molecule has 0 saturated carbocycles. The molecule has 0 spiro atoms. The molecule has 0 aliphatic carbocycles. The maximum absolute atomic E-state index is 12.2. The first-order valence-electron chi connectivity index (χ1n) is 6.35. The van der Waals surface area contributed by atoms with E-state index in [2.05, 4.69) is 0 Å². The Bertz CT molecular complexity index is 485. The molecule has 1 aliphatic heterocycles. The predicted molar refractivity (Wildman–Crippen MR) is 70.7 cm³/mol. The SMILES string of the molecule is COc1ccc(CC(=O)N2CCOC[C@H]2C(=O)O)cc1. The average Bonchev–Trinajstić information content (AvgIpc) is 2.48. The maximum Gasteiger partial charge on any atom is 0.328 e. The summed E-state index contributed by atoms with van der Waals surface area (Å²) in [6.45, 7) is 0.730. The van der Waals surface area contributed by atoms with Gasteiger partial charge in [-0.05, 0) is 17.7 Å². The van der Waals surface area contributed by atoms with Crippen LogP contribution in [0.2, 0.25) is 0 Å². The average molecular weight is 279 g/mol. The summed E-state index contributed by atoms with van der Waals surface area (Å²) < 4.78 is 10.2. The Kier molecular flexibility index (Phi) is 4.57. The minimum absolute atomic E-state index is 0.0453. The van der Waals surface area contributed by atoms with Crippen LogP contribution in [-0.4, -0.2) is 54.8 Å². The van der Waals surface area contributed by atoms with Crippen molar-refractivity contribution in [3.63, 3.8) is 0 Å². The molecule has 1 aliphatic rings. The lowest BCUT2D eigenvalue weighted by molar-refractivity contribution is -0.158. The highest BCUT2D eigenvalue weighted by molar-refractivity contribution is 5.85. The van der Waals surface area contributed by atoms with Crippen molar-refractivity contribution in [1.82, 2.24) is 4.90 Å². The van der Waals surface area contributed by atoms with Gasteiger partial charge in [0.15, 0.2) is 6.04 Å². The topological polar surface area (TPSA) is 76.1 Å². The third kappa shape index (κ3) is 3.27. The zero-order chi connectivity index (χ0) is 14.5. The van der Waals surface area contributed by atoms with E-state index in [-0.39, 0.29) is 18.9 Å². The number of benzene rings is 1. The van der Waals surface area contributed by atoms with Crippen molar-refractivity contribution in [3.05, 3.63) is 29.8 Å². The van der Waals surface area contributed by atoms with Crippen molar-refractivity contribution < 1.29 is 24.2 Å². The van der Waals surface area contributed by atoms with E-state index in [1.165, 1.54) is 4.90 Å². The number of carbonyl (C=O) groups excluding carboxylic acids is 1. The lowest BCUT2D eigenvalue weighted by Gasteiger charge is -2.32. The van der Waals surface area contributed by atoms with Gasteiger partial charge in [0.2, 0.25) is 5.91 Å². The number of carbonyl (C=O) groups is 2. The van der Waals surface area contributed by atoms with Crippen LogP contribution in [0.25, 0.3) is 0 Å². The van der Waals surface area contributed by atoms with Gasteiger partial charge in [0.05, 0.1) is 26.7 Å². The maximum atomic E-state index is 12.2. The van der Waals surface area contributed by atoms with Crippen molar-refractivity contribution >= 4 is 11.9 Å². The largest absolute Gasteiger partial charge is 0.497 e. The molecule has 6 nitrogen and oxygen atoms in total. The molecule has 0 radical (unpaired) electrons. The zero-order valence-corrected chi connectivity index (χ0v) is 11.2. The molecule has 1 aromatic carbocycles. The fourth-order valence-electron chi connectivity index (χ4n) is 2.13. The minimum atomic E-state index is -1.03. The predicted octanol–water partition coefficient (Wildman–Crippen LogP) is 0.550. The summed E-state index contributed by atoms with van der Waals surface area (Å²) in [7, 11) is 1.57. The highest BCUT2D eigenvalue weighted by Gasteiger charge is 2.32. The number of rotatable bonds is 4. The summed E-state index contributed by atoms with van der Waals surface area (Å²) in [6.07, 6.45) is 0.174. The van der Waals surface area contributed by atoms with Gasteiger partial charge in [0.1, 0.15) is 5.75 Å². The first kappa shape index (κ1) is 14.3. The Morgan fingerprint density at radius 1 is 1.40 bits per heavy atom. The molecule has 2 rings (SSSR count). The van der Waals surface area contributed by atoms with Crippen LogP contribution in [0, 0.1) is 0 Å². The Balaban J connectivity index is 2.03. The fourth-order valence-corrected chi connectivity index (χ4v) is 2.13. The standard InChI is InChI=1S/C14H17NO5/c1-19-11-4-2-10(3-5-11)8-13(16)15-6-7-20-9-12(15)14(17)18/h2-5,12H,6-9H2,1H3,(H,17,18)/t12-/m0/s1. The molecule has 20 heavy (non-hydrogen) atoms. The summed E-state index contributed by atoms with van der Waals surface area (Å²) in [5.74, 6) is -0.519. The van der Waals surface area contributed by atoms with Gasteiger partial charge in [-0.1, -0.05) is 12.1 Å². The van der Waals surface area contributed by atoms with Crippen LogP contribution in [0.5, 0.6) is 5.75 Å². The van der Waals surface area contributed by atoms with Crippen LogP contribution in [0.3, 0.4) is 0 Å². The van der Waals surface area contributed by atoms with Crippen molar-refractivity contribution in [2.24, 2.45) is 0 Å². The van der Waals surface area contributed by atoms with Gasteiger partial charge in [-0.2, -0.15) is 0 Å². The monoisotopic (exact) mass is 279 g/mol. The number of hydrogen-bond donors (Lipinski definition) is 1. The Morgan fingerprint density at radius 3 is 2.70 bits per heavy atom. The highest BCUT2D eigenvalue weighted by Crippen LogP contribution is 2.14. The third-order valence-electron chi connectivity index (χ3n) is 3.25. The number of ether oxygens (including phenoxy) is 2. The van der Waals surface area contributed by atoms with E-state index in [9.17, 15) is 9.59 Å². The molecule has 1 saturated heterocycles. The zero-order valence-electron chi connectivity index (χ0n) is 11.2. The van der Waals surface area contributed by atoms with E-state index in [1.807, 2.05) is 0 Å². The normalized spacial score (nSPS) is 18.6. The molecule has 1 aromatic rings. The van der Waals surface area contributed by atoms with Gasteiger partial charge in [0.25, 0.3) is 0 Å². The van der Waals surface area contributed by atoms with E-state index < -0.39 is 12.0 Å². The van der Waals surface area contributed by atoms with Crippen LogP contribution in [0.4, 0.5) is 0 Å². The first-order valence-corrected chi connectivity index (χ1v) is 6.35. The van der Waals surface area contributed by atoms with E-state index in [1.54, 1.807) is 31.4 Å². The number of amides is 1. The van der Waals surface area contributed by atoms with E-state index in [0.29, 0.717) is 13.2 Å². The molecule has 1 N–H and O–H groups in total. The molecule has 1 atom stereocenters. The molecule has 1 heterocycles. The van der Waals surface area contributed by atoms with Gasteiger partial charge >= 0.3 is 5.97 Å².